The van der Waals surface area contributed by atoms with Gasteiger partial charge in [0.2, 0.25) is 5.91 Å². The molecule has 31 heavy (non-hydrogen) atoms. The summed E-state index contributed by atoms with van der Waals surface area (Å²) in [6.45, 7) is 3.06. The maximum Gasteiger partial charge on any atom is 0.341 e. The Morgan fingerprint density at radius 1 is 1.10 bits per heavy atom. The fourth-order valence-electron chi connectivity index (χ4n) is 2.76. The summed E-state index contributed by atoms with van der Waals surface area (Å²) in [7, 11) is 0. The van der Waals surface area contributed by atoms with Crippen LogP contribution in [0.5, 0.6) is 5.75 Å². The highest BCUT2D eigenvalue weighted by molar-refractivity contribution is 8.18. The molecule has 8 nitrogen and oxygen atoms in total. The molecule has 0 atom stereocenters. The average Bonchev–Trinajstić information content (AvgIpc) is 2.97. The predicted molar refractivity (Wildman–Crippen MR) is 117 cm³/mol. The lowest BCUT2D eigenvalue weighted by atomic mass is 10.1. The lowest BCUT2D eigenvalue weighted by molar-refractivity contribution is -0.139. The van der Waals surface area contributed by atoms with Crippen LogP contribution in [0.4, 0.5) is 10.5 Å². The van der Waals surface area contributed by atoms with Crippen LogP contribution in [-0.4, -0.2) is 46.2 Å². The number of aliphatic carboxylic acids is 1. The minimum Gasteiger partial charge on any atom is -0.482 e. The predicted octanol–water partition coefficient (Wildman–Crippen LogP) is 3.44. The van der Waals surface area contributed by atoms with Crippen molar-refractivity contribution in [3.8, 4) is 5.75 Å². The number of hydrogen-bond acceptors (Lipinski definition) is 6. The molecule has 1 fully saturated rings. The first kappa shape index (κ1) is 22.1. The molecule has 160 valence electrons. The molecule has 3 amide bonds. The van der Waals surface area contributed by atoms with Gasteiger partial charge in [0.05, 0.1) is 4.91 Å². The molecule has 1 aliphatic heterocycles. The van der Waals surface area contributed by atoms with Crippen LogP contribution >= 0.6 is 11.8 Å². The number of anilines is 1. The summed E-state index contributed by atoms with van der Waals surface area (Å²) in [5.74, 6) is -1.72. The number of nitrogens with zero attached hydrogens (tertiary/aromatic N) is 1. The summed E-state index contributed by atoms with van der Waals surface area (Å²) in [4.78, 5) is 48.8. The van der Waals surface area contributed by atoms with Gasteiger partial charge in [0.15, 0.2) is 6.61 Å². The van der Waals surface area contributed by atoms with E-state index in [-0.39, 0.29) is 11.4 Å². The van der Waals surface area contributed by atoms with Crippen molar-refractivity contribution in [3.63, 3.8) is 0 Å². The number of imide groups is 1. The lowest BCUT2D eigenvalue weighted by Crippen LogP contribution is -2.36. The first-order chi connectivity index (χ1) is 14.7. The minimum absolute atomic E-state index is 0.197. The summed E-state index contributed by atoms with van der Waals surface area (Å²) >= 11 is 0.757. The van der Waals surface area contributed by atoms with E-state index < -0.39 is 29.6 Å². The number of thioether (sulfide) groups is 1. The van der Waals surface area contributed by atoms with Crippen LogP contribution in [0.1, 0.15) is 16.7 Å². The third-order valence-electron chi connectivity index (χ3n) is 4.51. The van der Waals surface area contributed by atoms with Gasteiger partial charge in [-0.25, -0.2) is 4.79 Å². The zero-order valence-corrected chi connectivity index (χ0v) is 17.7. The van der Waals surface area contributed by atoms with Crippen LogP contribution in [0.2, 0.25) is 0 Å². The summed E-state index contributed by atoms with van der Waals surface area (Å²) in [6, 6.07) is 11.9. The highest BCUT2D eigenvalue weighted by Crippen LogP contribution is 2.32. The number of carbonyl (C=O) groups excluding carboxylic acids is 3. The van der Waals surface area contributed by atoms with Gasteiger partial charge in [-0.05, 0) is 72.6 Å². The minimum atomic E-state index is -1.08. The number of amides is 3. The Balaban J connectivity index is 1.63. The Morgan fingerprint density at radius 3 is 2.45 bits per heavy atom. The van der Waals surface area contributed by atoms with Crippen LogP contribution in [-0.2, 0) is 14.4 Å². The van der Waals surface area contributed by atoms with Crippen molar-refractivity contribution in [2.75, 3.05) is 18.5 Å². The maximum atomic E-state index is 12.6. The third kappa shape index (κ3) is 5.73. The monoisotopic (exact) mass is 440 g/mol. The van der Waals surface area contributed by atoms with E-state index in [1.807, 2.05) is 26.0 Å². The van der Waals surface area contributed by atoms with Crippen LogP contribution in [0.3, 0.4) is 0 Å². The van der Waals surface area contributed by atoms with E-state index in [0.717, 1.165) is 27.8 Å². The molecule has 9 heteroatoms. The van der Waals surface area contributed by atoms with Gasteiger partial charge in [-0.1, -0.05) is 18.2 Å². The smallest absolute Gasteiger partial charge is 0.341 e. The fraction of sp³-hybridized carbons (Fsp3) is 0.182. The van der Waals surface area contributed by atoms with E-state index in [4.69, 9.17) is 9.84 Å². The molecule has 0 aromatic heterocycles. The second kappa shape index (κ2) is 9.48. The number of hydrogen-bond donors (Lipinski definition) is 2. The summed E-state index contributed by atoms with van der Waals surface area (Å²) in [5, 5.41) is 10.8. The Labute approximate surface area is 182 Å². The molecule has 3 rings (SSSR count). The second-order valence-corrected chi connectivity index (χ2v) is 7.86. The molecule has 2 aromatic carbocycles. The number of carboxylic acid groups (broad SMARTS) is 1. The van der Waals surface area contributed by atoms with Crippen molar-refractivity contribution in [2.24, 2.45) is 0 Å². The van der Waals surface area contributed by atoms with Crippen LogP contribution < -0.4 is 10.1 Å². The second-order valence-electron chi connectivity index (χ2n) is 6.87. The number of rotatable bonds is 7. The first-order valence-corrected chi connectivity index (χ1v) is 10.1. The highest BCUT2D eigenvalue weighted by atomic mass is 32.2. The molecule has 1 heterocycles. The van der Waals surface area contributed by atoms with Crippen molar-refractivity contribution in [1.82, 2.24) is 4.90 Å². The molecule has 0 bridgehead atoms. The summed E-state index contributed by atoms with van der Waals surface area (Å²) in [6.07, 6.45) is 1.53. The lowest BCUT2D eigenvalue weighted by Gasteiger charge is -2.13. The van der Waals surface area contributed by atoms with Gasteiger partial charge in [0, 0.05) is 5.69 Å². The van der Waals surface area contributed by atoms with Gasteiger partial charge in [0.1, 0.15) is 12.3 Å². The topological polar surface area (TPSA) is 113 Å². The number of carbonyl (C=O) groups is 4. The van der Waals surface area contributed by atoms with Gasteiger partial charge in [0.25, 0.3) is 11.1 Å². The van der Waals surface area contributed by atoms with Crippen LogP contribution in [0, 0.1) is 13.8 Å². The van der Waals surface area contributed by atoms with Crippen LogP contribution in [0.25, 0.3) is 6.08 Å². The van der Waals surface area contributed by atoms with Gasteiger partial charge in [-0.2, -0.15) is 0 Å². The molecule has 0 aliphatic carbocycles. The van der Waals surface area contributed by atoms with Crippen LogP contribution in [0.15, 0.2) is 47.4 Å². The Kier molecular flexibility index (Phi) is 6.76. The summed E-state index contributed by atoms with van der Waals surface area (Å²) in [5.41, 5.74) is 3.34. The van der Waals surface area contributed by atoms with E-state index in [9.17, 15) is 19.2 Å². The molecule has 0 unspecified atom stereocenters. The number of ether oxygens (including phenoxy) is 1. The van der Waals surface area contributed by atoms with Gasteiger partial charge < -0.3 is 15.2 Å². The number of benzene rings is 2. The van der Waals surface area contributed by atoms with Gasteiger partial charge in [-0.3, -0.25) is 19.3 Å². The number of aryl methyl sites for hydroxylation is 2. The molecule has 1 saturated heterocycles. The van der Waals surface area contributed by atoms with Gasteiger partial charge in [-0.15, -0.1) is 0 Å². The zero-order chi connectivity index (χ0) is 22.5. The quantitative estimate of drug-likeness (QED) is 0.634. The molecule has 0 saturated carbocycles. The SMILES string of the molecule is Cc1ccc(NC(=O)CN2C(=O)S/C(=C/c3ccc(OCC(=O)O)cc3)C2=O)cc1C. The Bertz CT molecular complexity index is 1080. The van der Waals surface area contributed by atoms with E-state index in [2.05, 4.69) is 5.32 Å². The van der Waals surface area contributed by atoms with E-state index >= 15 is 0 Å². The van der Waals surface area contributed by atoms with Crippen molar-refractivity contribution >= 4 is 46.5 Å². The molecule has 2 N–H and O–H groups in total. The van der Waals surface area contributed by atoms with Crippen molar-refractivity contribution in [2.45, 2.75) is 13.8 Å². The Hall–Kier alpha value is -3.59. The van der Waals surface area contributed by atoms with Gasteiger partial charge >= 0.3 is 5.97 Å². The maximum absolute atomic E-state index is 12.6. The number of carboxylic acids is 1. The molecular weight excluding hydrogens is 420 g/mol. The molecule has 2 aromatic rings. The molecule has 0 radical (unpaired) electrons. The largest absolute Gasteiger partial charge is 0.482 e. The molecular formula is C22H20N2O6S. The van der Waals surface area contributed by atoms with E-state index in [0.29, 0.717) is 17.0 Å². The third-order valence-corrected chi connectivity index (χ3v) is 5.41. The normalized spacial score (nSPS) is 14.8. The van der Waals surface area contributed by atoms with E-state index in [1.54, 1.807) is 30.3 Å². The molecule has 1 aliphatic rings. The van der Waals surface area contributed by atoms with Crippen molar-refractivity contribution < 1.29 is 29.0 Å². The standard InChI is InChI=1S/C22H20N2O6S/c1-13-3-6-16(9-14(13)2)23-19(25)11-24-21(28)18(31-22(24)29)10-15-4-7-17(8-5-15)30-12-20(26)27/h3-10H,11-12H2,1-2H3,(H,23,25)(H,26,27)/b18-10+. The Morgan fingerprint density at radius 2 is 1.81 bits per heavy atom. The highest BCUT2D eigenvalue weighted by Gasteiger charge is 2.36. The summed E-state index contributed by atoms with van der Waals surface area (Å²) < 4.78 is 5.05. The van der Waals surface area contributed by atoms with Crippen molar-refractivity contribution in [1.29, 1.82) is 0 Å². The van der Waals surface area contributed by atoms with Crippen molar-refractivity contribution in [3.05, 3.63) is 64.1 Å². The number of nitrogens with one attached hydrogen (secondary N) is 1. The van der Waals surface area contributed by atoms with E-state index in [1.165, 1.54) is 6.08 Å². The first-order valence-electron chi connectivity index (χ1n) is 9.30. The zero-order valence-electron chi connectivity index (χ0n) is 16.9. The fourth-order valence-corrected chi connectivity index (χ4v) is 3.59. The average molecular weight is 440 g/mol. The molecule has 0 spiro atoms.